The average Bonchev–Trinajstić information content (AvgIpc) is 2.69. The summed E-state index contributed by atoms with van der Waals surface area (Å²) in [5, 5.41) is 20.0. The van der Waals surface area contributed by atoms with E-state index in [0.29, 0.717) is 0 Å². The molecular formula is C12H14FNO5Zn. The molecule has 0 saturated carbocycles. The van der Waals surface area contributed by atoms with Gasteiger partial charge in [-0.2, -0.15) is 6.92 Å². The van der Waals surface area contributed by atoms with Crippen LogP contribution in [0.15, 0.2) is 12.1 Å². The summed E-state index contributed by atoms with van der Waals surface area (Å²) in [5.41, 5.74) is -0.339. The van der Waals surface area contributed by atoms with Crippen LogP contribution in [0.4, 0.5) is 10.1 Å². The van der Waals surface area contributed by atoms with Crippen molar-refractivity contribution in [3.05, 3.63) is 48.0 Å². The van der Waals surface area contributed by atoms with Crippen LogP contribution in [-0.4, -0.2) is 35.5 Å². The number of rotatable bonds is 3. The Bertz CT molecular complexity index is 462. The van der Waals surface area contributed by atoms with Gasteiger partial charge in [0.15, 0.2) is 0 Å². The Morgan fingerprint density at radius 2 is 2.15 bits per heavy atom. The molecule has 0 amide bonds. The molecule has 1 aliphatic heterocycles. The third kappa shape index (κ3) is 3.88. The standard InChI is InChI=1S/C11H11FNO5.CH3.Zn/c1-6-2-7(13(15)16)3-8(12)11(6)18-10-5-17-4-9(10)14;;/h2-3,9-10,14H,1,4-5H2;1H3;/q2*-1;+2/t9-,10-;;/m1../s1. The first-order chi connectivity index (χ1) is 8.49. The number of aliphatic hydroxyl groups is 1. The molecule has 1 aromatic carbocycles. The van der Waals surface area contributed by atoms with E-state index in [2.05, 4.69) is 6.92 Å². The van der Waals surface area contributed by atoms with Gasteiger partial charge >= 0.3 is 19.5 Å². The van der Waals surface area contributed by atoms with Crippen LogP contribution >= 0.6 is 0 Å². The van der Waals surface area contributed by atoms with Crippen molar-refractivity contribution in [2.45, 2.75) is 12.2 Å². The van der Waals surface area contributed by atoms with Crippen molar-refractivity contribution in [3.8, 4) is 5.75 Å². The fourth-order valence-corrected chi connectivity index (χ4v) is 1.66. The number of aliphatic hydroxyl groups excluding tert-OH is 1. The molecule has 106 valence electrons. The van der Waals surface area contributed by atoms with E-state index in [4.69, 9.17) is 9.47 Å². The van der Waals surface area contributed by atoms with Crippen LogP contribution in [0, 0.1) is 30.3 Å². The Hall–Kier alpha value is -1.24. The fourth-order valence-electron chi connectivity index (χ4n) is 1.66. The Kier molecular flexibility index (Phi) is 7.06. The molecule has 0 unspecified atom stereocenters. The van der Waals surface area contributed by atoms with E-state index in [1.807, 2.05) is 0 Å². The molecule has 2 atom stereocenters. The van der Waals surface area contributed by atoms with Crippen LogP contribution in [0.2, 0.25) is 0 Å². The zero-order valence-corrected chi connectivity index (χ0v) is 14.0. The molecule has 0 bridgehead atoms. The quantitative estimate of drug-likeness (QED) is 0.391. The first kappa shape index (κ1) is 18.8. The molecule has 2 rings (SSSR count). The van der Waals surface area contributed by atoms with Gasteiger partial charge in [-0.15, -0.1) is 5.56 Å². The van der Waals surface area contributed by atoms with E-state index >= 15 is 0 Å². The molecule has 20 heavy (non-hydrogen) atoms. The summed E-state index contributed by atoms with van der Waals surface area (Å²) >= 11 is 0. The predicted molar refractivity (Wildman–Crippen MR) is 65.2 cm³/mol. The number of hydrogen-bond acceptors (Lipinski definition) is 5. The van der Waals surface area contributed by atoms with Crippen LogP contribution in [0.5, 0.6) is 5.75 Å². The number of nitro benzene ring substituents is 1. The minimum atomic E-state index is -0.881. The summed E-state index contributed by atoms with van der Waals surface area (Å²) in [7, 11) is 0. The molecule has 1 aromatic rings. The smallest absolute Gasteiger partial charge is 0.539 e. The molecule has 1 N–H and O–H groups in total. The molecular weight excluding hydrogens is 323 g/mol. The van der Waals surface area contributed by atoms with E-state index in [0.717, 1.165) is 12.1 Å². The summed E-state index contributed by atoms with van der Waals surface area (Å²) in [6.45, 7) is 3.75. The van der Waals surface area contributed by atoms with Crippen molar-refractivity contribution in [1.82, 2.24) is 0 Å². The van der Waals surface area contributed by atoms with Gasteiger partial charge < -0.3 is 22.0 Å². The van der Waals surface area contributed by atoms with Crippen molar-refractivity contribution in [1.29, 1.82) is 0 Å². The normalized spacial score (nSPS) is 20.7. The second kappa shape index (κ2) is 7.52. The molecule has 0 spiro atoms. The van der Waals surface area contributed by atoms with Crippen molar-refractivity contribution in [2.75, 3.05) is 13.2 Å². The Morgan fingerprint density at radius 1 is 1.50 bits per heavy atom. The van der Waals surface area contributed by atoms with Gasteiger partial charge in [0.05, 0.1) is 19.0 Å². The molecule has 0 aliphatic carbocycles. The predicted octanol–water partition coefficient (Wildman–Crippen LogP) is 1.50. The molecule has 1 aliphatic rings. The summed E-state index contributed by atoms with van der Waals surface area (Å²) in [6, 6.07) is 1.87. The number of halogens is 1. The van der Waals surface area contributed by atoms with Crippen molar-refractivity contribution < 1.29 is 43.4 Å². The molecule has 1 fully saturated rings. The molecule has 1 saturated heterocycles. The van der Waals surface area contributed by atoms with Crippen molar-refractivity contribution in [2.24, 2.45) is 0 Å². The Labute approximate surface area is 128 Å². The maximum atomic E-state index is 13.7. The average molecular weight is 337 g/mol. The zero-order chi connectivity index (χ0) is 13.3. The van der Waals surface area contributed by atoms with Crippen LogP contribution in [0.1, 0.15) is 5.56 Å². The van der Waals surface area contributed by atoms with Crippen LogP contribution in [0.3, 0.4) is 0 Å². The van der Waals surface area contributed by atoms with E-state index < -0.39 is 28.6 Å². The van der Waals surface area contributed by atoms with E-state index in [-0.39, 0.29) is 51.4 Å². The topological polar surface area (TPSA) is 81.8 Å². The summed E-state index contributed by atoms with van der Waals surface area (Å²) in [6.07, 6.45) is -1.54. The van der Waals surface area contributed by atoms with Gasteiger partial charge in [0.25, 0.3) is 0 Å². The van der Waals surface area contributed by atoms with E-state index in [1.54, 1.807) is 0 Å². The maximum Gasteiger partial charge on any atom is 2.00 e. The Balaban J connectivity index is 0.00000180. The first-order valence-electron chi connectivity index (χ1n) is 5.21. The maximum absolute atomic E-state index is 13.7. The number of nitrogens with zero attached hydrogens (tertiary/aromatic N) is 1. The van der Waals surface area contributed by atoms with E-state index in [1.165, 1.54) is 0 Å². The van der Waals surface area contributed by atoms with Gasteiger partial charge in [0, 0.05) is 11.0 Å². The van der Waals surface area contributed by atoms with Gasteiger partial charge in [0.2, 0.25) is 5.69 Å². The summed E-state index contributed by atoms with van der Waals surface area (Å²) in [5.74, 6) is -1.08. The number of non-ortho nitro benzene ring substituents is 1. The third-order valence-electron chi connectivity index (χ3n) is 2.59. The molecule has 0 radical (unpaired) electrons. The monoisotopic (exact) mass is 335 g/mol. The molecule has 1 heterocycles. The second-order valence-electron chi connectivity index (χ2n) is 3.93. The van der Waals surface area contributed by atoms with Crippen molar-refractivity contribution >= 4 is 5.69 Å². The van der Waals surface area contributed by atoms with Crippen LogP contribution in [0.25, 0.3) is 0 Å². The van der Waals surface area contributed by atoms with Gasteiger partial charge in [0.1, 0.15) is 18.0 Å². The molecule has 6 nitrogen and oxygen atoms in total. The minimum Gasteiger partial charge on any atom is -0.539 e. The van der Waals surface area contributed by atoms with Crippen molar-refractivity contribution in [3.63, 3.8) is 0 Å². The largest absolute Gasteiger partial charge is 2.00 e. The van der Waals surface area contributed by atoms with E-state index in [9.17, 15) is 19.6 Å². The molecule has 0 aromatic heterocycles. The third-order valence-corrected chi connectivity index (χ3v) is 2.59. The van der Waals surface area contributed by atoms with Gasteiger partial charge in [-0.25, -0.2) is 4.39 Å². The summed E-state index contributed by atoms with van der Waals surface area (Å²) < 4.78 is 23.9. The Morgan fingerprint density at radius 3 is 2.60 bits per heavy atom. The molecule has 8 heteroatoms. The van der Waals surface area contributed by atoms with Crippen LogP contribution < -0.4 is 4.74 Å². The minimum absolute atomic E-state index is 0. The van der Waals surface area contributed by atoms with Crippen LogP contribution in [-0.2, 0) is 24.2 Å². The SMILES string of the molecule is [CH2-]c1cc([N+](=O)[O-])cc(F)c1O[C@@H]1COC[C@H]1O.[CH3-].[Zn+2]. The number of benzene rings is 1. The first-order valence-corrected chi connectivity index (χ1v) is 5.21. The second-order valence-corrected chi connectivity index (χ2v) is 3.93. The fraction of sp³-hybridized carbons (Fsp3) is 0.333. The van der Waals surface area contributed by atoms with Gasteiger partial charge in [-0.3, -0.25) is 10.1 Å². The number of ether oxygens (including phenoxy) is 2. The van der Waals surface area contributed by atoms with Gasteiger partial charge in [-0.1, -0.05) is 6.07 Å². The summed E-state index contributed by atoms with van der Waals surface area (Å²) in [4.78, 5) is 9.81. The number of hydrogen-bond donors (Lipinski definition) is 1. The van der Waals surface area contributed by atoms with Gasteiger partial charge in [-0.05, 0) is 0 Å². The number of nitro groups is 1. The zero-order valence-electron chi connectivity index (χ0n) is 11.0.